The predicted octanol–water partition coefficient (Wildman–Crippen LogP) is 5.37. The molecule has 110 valence electrons. The number of thioether (sulfide) groups is 1. The van der Waals surface area contributed by atoms with Crippen molar-refractivity contribution in [3.8, 4) is 5.75 Å². The maximum absolute atomic E-state index is 12.4. The summed E-state index contributed by atoms with van der Waals surface area (Å²) in [5.41, 5.74) is 0.647. The van der Waals surface area contributed by atoms with Crippen molar-refractivity contribution >= 4 is 40.7 Å². The van der Waals surface area contributed by atoms with Crippen molar-refractivity contribution < 1.29 is 9.53 Å². The van der Waals surface area contributed by atoms with Gasteiger partial charge in [0, 0.05) is 15.5 Å². The third kappa shape index (κ3) is 4.16. The van der Waals surface area contributed by atoms with Gasteiger partial charge in [-0.05, 0) is 49.4 Å². The van der Waals surface area contributed by atoms with Gasteiger partial charge in [-0.15, -0.1) is 11.8 Å². The zero-order chi connectivity index (χ0) is 15.4. The SMILES string of the molecule is COc1ccc(C(=O)C(C)Sc2cc(Cl)ccc2Cl)cc1. The number of hydrogen-bond donors (Lipinski definition) is 0. The number of Topliss-reactive ketones (excluding diaryl/α,β-unsaturated/α-hetero) is 1. The maximum Gasteiger partial charge on any atom is 0.175 e. The number of hydrogen-bond acceptors (Lipinski definition) is 3. The van der Waals surface area contributed by atoms with E-state index in [2.05, 4.69) is 0 Å². The quantitative estimate of drug-likeness (QED) is 0.540. The first-order chi connectivity index (χ1) is 10.0. The van der Waals surface area contributed by atoms with Crippen molar-refractivity contribution in [1.82, 2.24) is 0 Å². The molecule has 2 rings (SSSR count). The van der Waals surface area contributed by atoms with E-state index in [0.29, 0.717) is 15.6 Å². The number of methoxy groups -OCH3 is 1. The smallest absolute Gasteiger partial charge is 0.175 e. The second-order valence-electron chi connectivity index (χ2n) is 4.43. The van der Waals surface area contributed by atoms with Gasteiger partial charge in [-0.2, -0.15) is 0 Å². The topological polar surface area (TPSA) is 26.3 Å². The van der Waals surface area contributed by atoms with Crippen molar-refractivity contribution in [2.24, 2.45) is 0 Å². The van der Waals surface area contributed by atoms with Gasteiger partial charge in [0.1, 0.15) is 5.75 Å². The fourth-order valence-electron chi connectivity index (χ4n) is 1.80. The molecule has 0 fully saturated rings. The van der Waals surface area contributed by atoms with E-state index in [0.717, 1.165) is 10.6 Å². The molecule has 2 aromatic carbocycles. The maximum atomic E-state index is 12.4. The number of ketones is 1. The summed E-state index contributed by atoms with van der Waals surface area (Å²) in [6, 6.07) is 12.3. The molecule has 2 aromatic rings. The number of benzene rings is 2. The number of carbonyl (C=O) groups is 1. The first-order valence-electron chi connectivity index (χ1n) is 6.31. The molecule has 0 amide bonds. The van der Waals surface area contributed by atoms with Crippen LogP contribution in [0.2, 0.25) is 10.0 Å². The third-order valence-corrected chi connectivity index (χ3v) is 4.78. The lowest BCUT2D eigenvalue weighted by atomic mass is 10.1. The Labute approximate surface area is 138 Å². The molecule has 0 aromatic heterocycles. The van der Waals surface area contributed by atoms with Crippen LogP contribution in [0.15, 0.2) is 47.4 Å². The van der Waals surface area contributed by atoms with Gasteiger partial charge in [0.15, 0.2) is 5.78 Å². The summed E-state index contributed by atoms with van der Waals surface area (Å²) in [4.78, 5) is 13.2. The molecule has 21 heavy (non-hydrogen) atoms. The van der Waals surface area contributed by atoms with Crippen molar-refractivity contribution in [3.63, 3.8) is 0 Å². The Balaban J connectivity index is 2.13. The fraction of sp³-hybridized carbons (Fsp3) is 0.188. The largest absolute Gasteiger partial charge is 0.497 e. The minimum atomic E-state index is -0.255. The van der Waals surface area contributed by atoms with Gasteiger partial charge in [-0.3, -0.25) is 4.79 Å². The lowest BCUT2D eigenvalue weighted by Crippen LogP contribution is -2.13. The molecule has 0 spiro atoms. The van der Waals surface area contributed by atoms with E-state index >= 15 is 0 Å². The molecular weight excluding hydrogens is 327 g/mol. The highest BCUT2D eigenvalue weighted by Crippen LogP contribution is 2.33. The molecular formula is C16H14Cl2O2S. The van der Waals surface area contributed by atoms with Crippen LogP contribution in [0.3, 0.4) is 0 Å². The molecule has 1 unspecified atom stereocenters. The van der Waals surface area contributed by atoms with Crippen LogP contribution < -0.4 is 4.74 Å². The second-order valence-corrected chi connectivity index (χ2v) is 6.65. The summed E-state index contributed by atoms with van der Waals surface area (Å²) >= 11 is 13.5. The first-order valence-corrected chi connectivity index (χ1v) is 7.95. The Hall–Kier alpha value is -1.16. The average Bonchev–Trinajstić information content (AvgIpc) is 2.50. The highest BCUT2D eigenvalue weighted by atomic mass is 35.5. The minimum absolute atomic E-state index is 0.0405. The lowest BCUT2D eigenvalue weighted by molar-refractivity contribution is 0.0994. The van der Waals surface area contributed by atoms with Gasteiger partial charge in [0.2, 0.25) is 0 Å². The Kier molecular flexibility index (Phi) is 5.57. The normalized spacial score (nSPS) is 12.0. The number of halogens is 2. The van der Waals surface area contributed by atoms with Gasteiger partial charge in [0.25, 0.3) is 0 Å². The van der Waals surface area contributed by atoms with Crippen LogP contribution >= 0.6 is 35.0 Å². The molecule has 1 atom stereocenters. The van der Waals surface area contributed by atoms with Crippen LogP contribution in [-0.4, -0.2) is 18.1 Å². The van der Waals surface area contributed by atoms with Crippen molar-refractivity contribution in [2.75, 3.05) is 7.11 Å². The zero-order valence-electron chi connectivity index (χ0n) is 11.6. The van der Waals surface area contributed by atoms with Crippen molar-refractivity contribution in [1.29, 1.82) is 0 Å². The molecule has 0 saturated heterocycles. The summed E-state index contributed by atoms with van der Waals surface area (Å²) in [7, 11) is 1.59. The van der Waals surface area contributed by atoms with Crippen LogP contribution in [-0.2, 0) is 0 Å². The number of ether oxygens (including phenoxy) is 1. The lowest BCUT2D eigenvalue weighted by Gasteiger charge is -2.12. The molecule has 0 aliphatic heterocycles. The fourth-order valence-corrected chi connectivity index (χ4v) is 3.29. The molecule has 0 heterocycles. The van der Waals surface area contributed by atoms with Crippen LogP contribution in [0.5, 0.6) is 5.75 Å². The van der Waals surface area contributed by atoms with Crippen LogP contribution in [0.4, 0.5) is 0 Å². The van der Waals surface area contributed by atoms with Gasteiger partial charge in [0.05, 0.1) is 17.4 Å². The van der Waals surface area contributed by atoms with E-state index in [-0.39, 0.29) is 11.0 Å². The molecule has 0 saturated carbocycles. The van der Waals surface area contributed by atoms with E-state index in [1.165, 1.54) is 11.8 Å². The van der Waals surface area contributed by atoms with Gasteiger partial charge in [-0.1, -0.05) is 23.2 Å². The zero-order valence-corrected chi connectivity index (χ0v) is 13.9. The molecule has 0 bridgehead atoms. The molecule has 0 N–H and O–H groups in total. The summed E-state index contributed by atoms with van der Waals surface area (Å²) in [5, 5.41) is 0.944. The third-order valence-electron chi connectivity index (χ3n) is 2.94. The molecule has 0 aliphatic rings. The van der Waals surface area contributed by atoms with Crippen LogP contribution in [0, 0.1) is 0 Å². The molecule has 0 radical (unpaired) electrons. The summed E-state index contributed by atoms with van der Waals surface area (Å²) < 4.78 is 5.09. The van der Waals surface area contributed by atoms with Gasteiger partial charge >= 0.3 is 0 Å². The molecule has 2 nitrogen and oxygen atoms in total. The first kappa shape index (κ1) is 16.2. The van der Waals surface area contributed by atoms with Crippen LogP contribution in [0.1, 0.15) is 17.3 Å². The Morgan fingerprint density at radius 3 is 2.43 bits per heavy atom. The van der Waals surface area contributed by atoms with E-state index in [1.54, 1.807) is 49.6 Å². The predicted molar refractivity (Wildman–Crippen MR) is 89.1 cm³/mol. The van der Waals surface area contributed by atoms with E-state index < -0.39 is 0 Å². The van der Waals surface area contributed by atoms with Crippen LogP contribution in [0.25, 0.3) is 0 Å². The highest BCUT2D eigenvalue weighted by Gasteiger charge is 2.18. The highest BCUT2D eigenvalue weighted by molar-refractivity contribution is 8.00. The Bertz CT molecular complexity index is 641. The van der Waals surface area contributed by atoms with Gasteiger partial charge < -0.3 is 4.74 Å². The monoisotopic (exact) mass is 340 g/mol. The summed E-state index contributed by atoms with van der Waals surface area (Å²) in [6.07, 6.45) is 0. The number of rotatable bonds is 5. The minimum Gasteiger partial charge on any atom is -0.497 e. The summed E-state index contributed by atoms with van der Waals surface area (Å²) in [5.74, 6) is 0.767. The van der Waals surface area contributed by atoms with E-state index in [9.17, 15) is 4.79 Å². The summed E-state index contributed by atoms with van der Waals surface area (Å²) in [6.45, 7) is 1.86. The van der Waals surface area contributed by atoms with E-state index in [4.69, 9.17) is 27.9 Å². The van der Waals surface area contributed by atoms with E-state index in [1.807, 2.05) is 6.92 Å². The van der Waals surface area contributed by atoms with Gasteiger partial charge in [-0.25, -0.2) is 0 Å². The Morgan fingerprint density at radius 1 is 1.14 bits per heavy atom. The van der Waals surface area contributed by atoms with Crippen molar-refractivity contribution in [3.05, 3.63) is 58.1 Å². The molecule has 0 aliphatic carbocycles. The molecule has 5 heteroatoms. The van der Waals surface area contributed by atoms with Crippen molar-refractivity contribution in [2.45, 2.75) is 17.1 Å². The average molecular weight is 341 g/mol. The standard InChI is InChI=1S/C16H14Cl2O2S/c1-10(21-15-9-12(17)5-8-14(15)18)16(19)11-3-6-13(20-2)7-4-11/h3-10H,1-2H3. The Morgan fingerprint density at radius 2 is 1.81 bits per heavy atom. The second kappa shape index (κ2) is 7.21. The number of carbonyl (C=O) groups excluding carboxylic acids is 1.